The van der Waals surface area contributed by atoms with Crippen molar-refractivity contribution in [1.29, 1.82) is 0 Å². The van der Waals surface area contributed by atoms with Gasteiger partial charge in [-0.25, -0.2) is 0 Å². The molecule has 0 bridgehead atoms. The number of hydrogen-bond donors (Lipinski definition) is 1. The van der Waals surface area contributed by atoms with Crippen LogP contribution in [0.5, 0.6) is 11.5 Å². The number of benzene rings is 1. The Labute approximate surface area is 128 Å². The Morgan fingerprint density at radius 1 is 1.14 bits per heavy atom. The number of hydrogen-bond acceptors (Lipinski definition) is 3. The normalized spacial score (nSPS) is 23.1. The van der Waals surface area contributed by atoms with Crippen molar-refractivity contribution < 1.29 is 9.47 Å². The molecular formula is C18H27NO2. The standard InChI is InChI=1S/C18H27NO2/c1-4-7-15-13-10-16(20-2)17(21-3)11-14(13)18(12-19-15)8-5-6-9-18/h10-11,15,19H,4-9,12H2,1-3H3. The monoisotopic (exact) mass is 289 g/mol. The van der Waals surface area contributed by atoms with Gasteiger partial charge in [-0.3, -0.25) is 0 Å². The first kappa shape index (κ1) is 14.7. The maximum Gasteiger partial charge on any atom is 0.161 e. The highest BCUT2D eigenvalue weighted by atomic mass is 16.5. The van der Waals surface area contributed by atoms with Gasteiger partial charge in [-0.05, 0) is 42.5 Å². The molecule has 0 amide bonds. The second-order valence-corrected chi connectivity index (χ2v) is 6.50. The van der Waals surface area contributed by atoms with Gasteiger partial charge in [0.05, 0.1) is 14.2 Å². The smallest absolute Gasteiger partial charge is 0.161 e. The van der Waals surface area contributed by atoms with E-state index in [9.17, 15) is 0 Å². The summed E-state index contributed by atoms with van der Waals surface area (Å²) in [5.41, 5.74) is 3.26. The Bertz CT molecular complexity index is 506. The van der Waals surface area contributed by atoms with E-state index in [0.29, 0.717) is 11.5 Å². The maximum atomic E-state index is 5.55. The fourth-order valence-corrected chi connectivity index (χ4v) is 4.21. The van der Waals surface area contributed by atoms with E-state index < -0.39 is 0 Å². The van der Waals surface area contributed by atoms with Gasteiger partial charge in [-0.1, -0.05) is 26.2 Å². The predicted molar refractivity (Wildman–Crippen MR) is 85.3 cm³/mol. The third-order valence-corrected chi connectivity index (χ3v) is 5.33. The molecule has 3 nitrogen and oxygen atoms in total. The highest BCUT2D eigenvalue weighted by molar-refractivity contribution is 5.52. The quantitative estimate of drug-likeness (QED) is 0.910. The van der Waals surface area contributed by atoms with Crippen LogP contribution in [0.3, 0.4) is 0 Å². The van der Waals surface area contributed by atoms with Crippen LogP contribution in [0.4, 0.5) is 0 Å². The molecule has 1 unspecified atom stereocenters. The highest BCUT2D eigenvalue weighted by Crippen LogP contribution is 2.49. The molecule has 3 heteroatoms. The molecule has 1 spiro atoms. The first-order valence-electron chi connectivity index (χ1n) is 8.24. The van der Waals surface area contributed by atoms with Crippen LogP contribution in [0.15, 0.2) is 12.1 Å². The molecule has 1 aromatic carbocycles. The lowest BCUT2D eigenvalue weighted by Gasteiger charge is -2.41. The zero-order valence-corrected chi connectivity index (χ0v) is 13.5. The summed E-state index contributed by atoms with van der Waals surface area (Å²) in [6, 6.07) is 4.92. The Morgan fingerprint density at radius 3 is 2.43 bits per heavy atom. The second kappa shape index (κ2) is 5.88. The van der Waals surface area contributed by atoms with Crippen LogP contribution in [-0.2, 0) is 5.41 Å². The van der Waals surface area contributed by atoms with E-state index in [1.807, 2.05) is 0 Å². The van der Waals surface area contributed by atoms with E-state index in [1.165, 1.54) is 49.7 Å². The van der Waals surface area contributed by atoms with Crippen LogP contribution in [-0.4, -0.2) is 20.8 Å². The number of fused-ring (bicyclic) bond motifs is 2. The summed E-state index contributed by atoms with van der Waals surface area (Å²) in [5.74, 6) is 1.73. The van der Waals surface area contributed by atoms with E-state index >= 15 is 0 Å². The predicted octanol–water partition coefficient (Wildman–Crippen LogP) is 3.96. The molecular weight excluding hydrogens is 262 g/mol. The van der Waals surface area contributed by atoms with Gasteiger partial charge in [0.1, 0.15) is 0 Å². The third-order valence-electron chi connectivity index (χ3n) is 5.33. The minimum absolute atomic E-state index is 0.319. The molecule has 3 rings (SSSR count). The topological polar surface area (TPSA) is 30.5 Å². The molecule has 1 fully saturated rings. The molecule has 2 aliphatic rings. The van der Waals surface area contributed by atoms with Crippen molar-refractivity contribution in [3.63, 3.8) is 0 Å². The third kappa shape index (κ3) is 2.42. The molecule has 1 atom stereocenters. The SMILES string of the molecule is CCCC1NCC2(CCCC2)c2cc(OC)c(OC)cc21. The number of nitrogens with one attached hydrogen (secondary N) is 1. The average molecular weight is 289 g/mol. The summed E-state index contributed by atoms with van der Waals surface area (Å²) < 4.78 is 11.1. The van der Waals surface area contributed by atoms with Gasteiger partial charge in [-0.2, -0.15) is 0 Å². The molecule has 1 aromatic rings. The van der Waals surface area contributed by atoms with Gasteiger partial charge in [0.2, 0.25) is 0 Å². The summed E-state index contributed by atoms with van der Waals surface area (Å²) in [6.07, 6.45) is 7.64. The average Bonchev–Trinajstić information content (AvgIpc) is 2.99. The largest absolute Gasteiger partial charge is 0.493 e. The van der Waals surface area contributed by atoms with Crippen LogP contribution in [0.25, 0.3) is 0 Å². The molecule has 116 valence electrons. The van der Waals surface area contributed by atoms with Crippen molar-refractivity contribution in [2.75, 3.05) is 20.8 Å². The van der Waals surface area contributed by atoms with Crippen molar-refractivity contribution in [2.24, 2.45) is 0 Å². The van der Waals surface area contributed by atoms with E-state index in [-0.39, 0.29) is 0 Å². The van der Waals surface area contributed by atoms with Crippen molar-refractivity contribution >= 4 is 0 Å². The van der Waals surface area contributed by atoms with Crippen molar-refractivity contribution in [1.82, 2.24) is 5.32 Å². The van der Waals surface area contributed by atoms with Gasteiger partial charge in [-0.15, -0.1) is 0 Å². The molecule has 1 aliphatic heterocycles. The summed E-state index contributed by atoms with van der Waals surface area (Å²) in [7, 11) is 3.46. The lowest BCUT2D eigenvalue weighted by molar-refractivity contribution is 0.317. The molecule has 21 heavy (non-hydrogen) atoms. The zero-order chi connectivity index (χ0) is 14.9. The van der Waals surface area contributed by atoms with Gasteiger partial charge in [0.15, 0.2) is 11.5 Å². The molecule has 1 N–H and O–H groups in total. The van der Waals surface area contributed by atoms with E-state index in [4.69, 9.17) is 9.47 Å². The number of rotatable bonds is 4. The molecule has 0 radical (unpaired) electrons. The lowest BCUT2D eigenvalue weighted by Crippen LogP contribution is -2.43. The minimum atomic E-state index is 0.319. The number of methoxy groups -OCH3 is 2. The van der Waals surface area contributed by atoms with E-state index in [0.717, 1.165) is 18.0 Å². The van der Waals surface area contributed by atoms with Crippen LogP contribution >= 0.6 is 0 Å². The second-order valence-electron chi connectivity index (χ2n) is 6.50. The van der Waals surface area contributed by atoms with Crippen molar-refractivity contribution in [2.45, 2.75) is 56.9 Å². The minimum Gasteiger partial charge on any atom is -0.493 e. The Kier molecular flexibility index (Phi) is 4.12. The van der Waals surface area contributed by atoms with Gasteiger partial charge in [0.25, 0.3) is 0 Å². The van der Waals surface area contributed by atoms with Gasteiger partial charge in [0, 0.05) is 18.0 Å². The van der Waals surface area contributed by atoms with Crippen molar-refractivity contribution in [3.05, 3.63) is 23.3 Å². The van der Waals surface area contributed by atoms with Gasteiger partial charge < -0.3 is 14.8 Å². The lowest BCUT2D eigenvalue weighted by atomic mass is 9.72. The number of ether oxygens (including phenoxy) is 2. The summed E-state index contributed by atoms with van der Waals surface area (Å²) >= 11 is 0. The maximum absolute atomic E-state index is 5.55. The first-order valence-corrected chi connectivity index (χ1v) is 8.24. The van der Waals surface area contributed by atoms with E-state index in [2.05, 4.69) is 24.4 Å². The first-order chi connectivity index (χ1) is 10.2. The van der Waals surface area contributed by atoms with E-state index in [1.54, 1.807) is 14.2 Å². The van der Waals surface area contributed by atoms with Crippen LogP contribution in [0.2, 0.25) is 0 Å². The molecule has 0 saturated heterocycles. The zero-order valence-electron chi connectivity index (χ0n) is 13.5. The fraction of sp³-hybridized carbons (Fsp3) is 0.667. The summed E-state index contributed by atoms with van der Waals surface area (Å²) in [6.45, 7) is 3.36. The Hall–Kier alpha value is -1.22. The van der Waals surface area contributed by atoms with Gasteiger partial charge >= 0.3 is 0 Å². The van der Waals surface area contributed by atoms with Crippen LogP contribution in [0.1, 0.15) is 62.6 Å². The summed E-state index contributed by atoms with van der Waals surface area (Å²) in [4.78, 5) is 0. The van der Waals surface area contributed by atoms with Crippen molar-refractivity contribution in [3.8, 4) is 11.5 Å². The molecule has 1 saturated carbocycles. The fourth-order valence-electron chi connectivity index (χ4n) is 4.21. The molecule has 0 aromatic heterocycles. The van der Waals surface area contributed by atoms with Crippen LogP contribution < -0.4 is 14.8 Å². The molecule has 1 heterocycles. The molecule has 1 aliphatic carbocycles. The summed E-state index contributed by atoms with van der Waals surface area (Å²) in [5, 5.41) is 3.80. The highest BCUT2D eigenvalue weighted by Gasteiger charge is 2.42. The Balaban J connectivity index is 2.11. The van der Waals surface area contributed by atoms with Crippen LogP contribution in [0, 0.1) is 0 Å². The Morgan fingerprint density at radius 2 is 1.81 bits per heavy atom.